The van der Waals surface area contributed by atoms with Crippen molar-refractivity contribution >= 4 is 11.8 Å². The number of rotatable bonds is 8. The summed E-state index contributed by atoms with van der Waals surface area (Å²) in [7, 11) is 3.21. The maximum atomic E-state index is 10.8. The SMILES string of the molecule is COCCN(CCOC)c1cncc(C(=O)O)n1. The Hall–Kier alpha value is -1.73. The predicted molar refractivity (Wildman–Crippen MR) is 65.0 cm³/mol. The molecule has 18 heavy (non-hydrogen) atoms. The first-order valence-electron chi connectivity index (χ1n) is 5.47. The monoisotopic (exact) mass is 255 g/mol. The molecule has 0 saturated heterocycles. The summed E-state index contributed by atoms with van der Waals surface area (Å²) in [5.41, 5.74) is -0.0765. The van der Waals surface area contributed by atoms with E-state index in [0.29, 0.717) is 32.1 Å². The highest BCUT2D eigenvalue weighted by Gasteiger charge is 2.11. The zero-order valence-electron chi connectivity index (χ0n) is 10.5. The van der Waals surface area contributed by atoms with Crippen molar-refractivity contribution in [3.63, 3.8) is 0 Å². The van der Waals surface area contributed by atoms with Crippen LogP contribution >= 0.6 is 0 Å². The molecule has 0 aliphatic rings. The van der Waals surface area contributed by atoms with Gasteiger partial charge in [0.2, 0.25) is 0 Å². The zero-order chi connectivity index (χ0) is 13.4. The second kappa shape index (κ2) is 7.57. The second-order valence-corrected chi connectivity index (χ2v) is 3.54. The van der Waals surface area contributed by atoms with Crippen LogP contribution in [0.4, 0.5) is 5.82 Å². The molecule has 0 aromatic carbocycles. The summed E-state index contributed by atoms with van der Waals surface area (Å²) in [6.07, 6.45) is 2.74. The summed E-state index contributed by atoms with van der Waals surface area (Å²) in [5, 5.41) is 8.87. The van der Waals surface area contributed by atoms with Crippen LogP contribution < -0.4 is 4.90 Å². The highest BCUT2D eigenvalue weighted by molar-refractivity contribution is 5.85. The number of anilines is 1. The smallest absolute Gasteiger partial charge is 0.356 e. The summed E-state index contributed by atoms with van der Waals surface area (Å²) < 4.78 is 10.0. The standard InChI is InChI=1S/C11H17N3O4/c1-17-5-3-14(4-6-18-2)10-8-12-7-9(13-10)11(15)16/h7-8H,3-6H2,1-2H3,(H,15,16). The zero-order valence-corrected chi connectivity index (χ0v) is 10.5. The van der Waals surface area contributed by atoms with Crippen LogP contribution in [0.2, 0.25) is 0 Å². The van der Waals surface area contributed by atoms with E-state index in [1.54, 1.807) is 14.2 Å². The van der Waals surface area contributed by atoms with Crippen LogP contribution in [0, 0.1) is 0 Å². The molecule has 0 radical (unpaired) electrons. The highest BCUT2D eigenvalue weighted by atomic mass is 16.5. The lowest BCUT2D eigenvalue weighted by Gasteiger charge is -2.22. The van der Waals surface area contributed by atoms with Crippen molar-refractivity contribution < 1.29 is 19.4 Å². The first-order chi connectivity index (χ1) is 8.69. The topological polar surface area (TPSA) is 84.8 Å². The molecule has 0 amide bonds. The number of carboxylic acids is 1. The Morgan fingerprint density at radius 2 is 1.89 bits per heavy atom. The number of methoxy groups -OCH3 is 2. The number of aromatic carboxylic acids is 1. The van der Waals surface area contributed by atoms with Gasteiger partial charge in [-0.15, -0.1) is 0 Å². The number of ether oxygens (including phenoxy) is 2. The fourth-order valence-corrected chi connectivity index (χ4v) is 1.35. The van der Waals surface area contributed by atoms with Gasteiger partial charge in [0.1, 0.15) is 5.82 Å². The second-order valence-electron chi connectivity index (χ2n) is 3.54. The van der Waals surface area contributed by atoms with E-state index in [-0.39, 0.29) is 5.69 Å². The van der Waals surface area contributed by atoms with E-state index in [1.165, 1.54) is 12.4 Å². The van der Waals surface area contributed by atoms with E-state index in [1.807, 2.05) is 4.90 Å². The highest BCUT2D eigenvalue weighted by Crippen LogP contribution is 2.09. The third kappa shape index (κ3) is 4.27. The van der Waals surface area contributed by atoms with Crippen LogP contribution in [0.1, 0.15) is 10.5 Å². The van der Waals surface area contributed by atoms with E-state index in [0.717, 1.165) is 0 Å². The number of hydrogen-bond acceptors (Lipinski definition) is 6. The van der Waals surface area contributed by atoms with Crippen molar-refractivity contribution in [2.24, 2.45) is 0 Å². The van der Waals surface area contributed by atoms with E-state index in [9.17, 15) is 4.79 Å². The Bertz CT molecular complexity index is 378. The first kappa shape index (κ1) is 14.3. The van der Waals surface area contributed by atoms with Crippen molar-refractivity contribution in [3.8, 4) is 0 Å². The van der Waals surface area contributed by atoms with Crippen LogP contribution in [-0.2, 0) is 9.47 Å². The van der Waals surface area contributed by atoms with Gasteiger partial charge in [-0.05, 0) is 0 Å². The molecule has 1 N–H and O–H groups in total. The maximum Gasteiger partial charge on any atom is 0.356 e. The van der Waals surface area contributed by atoms with E-state index >= 15 is 0 Å². The Balaban J connectivity index is 2.82. The van der Waals surface area contributed by atoms with Crippen LogP contribution in [-0.4, -0.2) is 61.6 Å². The van der Waals surface area contributed by atoms with Gasteiger partial charge in [0.05, 0.1) is 25.6 Å². The molecular formula is C11H17N3O4. The minimum absolute atomic E-state index is 0.0765. The third-order valence-electron chi connectivity index (χ3n) is 2.30. The van der Waals surface area contributed by atoms with Crippen LogP contribution in [0.15, 0.2) is 12.4 Å². The van der Waals surface area contributed by atoms with Crippen molar-refractivity contribution in [2.75, 3.05) is 45.4 Å². The van der Waals surface area contributed by atoms with Gasteiger partial charge >= 0.3 is 5.97 Å². The first-order valence-corrected chi connectivity index (χ1v) is 5.47. The molecule has 1 rings (SSSR count). The molecule has 0 fully saturated rings. The maximum absolute atomic E-state index is 10.8. The number of carboxylic acid groups (broad SMARTS) is 1. The van der Waals surface area contributed by atoms with Crippen LogP contribution in [0.3, 0.4) is 0 Å². The molecule has 1 aromatic heterocycles. The number of hydrogen-bond donors (Lipinski definition) is 1. The minimum Gasteiger partial charge on any atom is -0.476 e. The molecule has 0 aliphatic heterocycles. The van der Waals surface area contributed by atoms with Gasteiger partial charge < -0.3 is 19.5 Å². The van der Waals surface area contributed by atoms with Crippen molar-refractivity contribution in [2.45, 2.75) is 0 Å². The molecule has 0 unspecified atom stereocenters. The fourth-order valence-electron chi connectivity index (χ4n) is 1.35. The summed E-state index contributed by atoms with van der Waals surface area (Å²) >= 11 is 0. The van der Waals surface area contributed by atoms with Gasteiger partial charge in [-0.2, -0.15) is 0 Å². The average Bonchev–Trinajstić information content (AvgIpc) is 2.39. The largest absolute Gasteiger partial charge is 0.476 e. The lowest BCUT2D eigenvalue weighted by molar-refractivity contribution is 0.0690. The Morgan fingerprint density at radius 1 is 1.28 bits per heavy atom. The molecule has 0 bridgehead atoms. The van der Waals surface area contributed by atoms with E-state index < -0.39 is 5.97 Å². The third-order valence-corrected chi connectivity index (χ3v) is 2.30. The average molecular weight is 255 g/mol. The molecular weight excluding hydrogens is 238 g/mol. The molecule has 7 nitrogen and oxygen atoms in total. The molecule has 1 aromatic rings. The van der Waals surface area contributed by atoms with E-state index in [4.69, 9.17) is 14.6 Å². The van der Waals surface area contributed by atoms with Crippen LogP contribution in [0.5, 0.6) is 0 Å². The Labute approximate surface area is 105 Å². The molecule has 100 valence electrons. The quantitative estimate of drug-likeness (QED) is 0.713. The van der Waals surface area contributed by atoms with Crippen molar-refractivity contribution in [3.05, 3.63) is 18.1 Å². The Kier molecular flexibility index (Phi) is 6.03. The molecule has 0 saturated carbocycles. The normalized spacial score (nSPS) is 10.3. The van der Waals surface area contributed by atoms with Gasteiger partial charge in [0.25, 0.3) is 0 Å². The lowest BCUT2D eigenvalue weighted by Crippen LogP contribution is -2.31. The van der Waals surface area contributed by atoms with Gasteiger partial charge in [0, 0.05) is 27.3 Å². The van der Waals surface area contributed by atoms with Gasteiger partial charge in [-0.25, -0.2) is 9.78 Å². The van der Waals surface area contributed by atoms with Gasteiger partial charge in [-0.1, -0.05) is 0 Å². The summed E-state index contributed by atoms with van der Waals surface area (Å²) in [6, 6.07) is 0. The number of aromatic nitrogens is 2. The van der Waals surface area contributed by atoms with Crippen molar-refractivity contribution in [1.82, 2.24) is 9.97 Å². The number of nitrogens with zero attached hydrogens (tertiary/aromatic N) is 3. The number of carbonyl (C=O) groups is 1. The molecule has 7 heteroatoms. The van der Waals surface area contributed by atoms with E-state index in [2.05, 4.69) is 9.97 Å². The molecule has 0 atom stereocenters. The lowest BCUT2D eigenvalue weighted by atomic mass is 10.4. The Morgan fingerprint density at radius 3 is 2.39 bits per heavy atom. The van der Waals surface area contributed by atoms with Gasteiger partial charge in [-0.3, -0.25) is 4.98 Å². The summed E-state index contributed by atoms with van der Waals surface area (Å²) in [6.45, 7) is 2.22. The summed E-state index contributed by atoms with van der Waals surface area (Å²) in [4.78, 5) is 20.6. The summed E-state index contributed by atoms with van der Waals surface area (Å²) in [5.74, 6) is -0.591. The molecule has 1 heterocycles. The molecule has 0 spiro atoms. The van der Waals surface area contributed by atoms with Crippen LogP contribution in [0.25, 0.3) is 0 Å². The predicted octanol–water partition coefficient (Wildman–Crippen LogP) is 0.274. The van der Waals surface area contributed by atoms with Gasteiger partial charge in [0.15, 0.2) is 5.69 Å². The fraction of sp³-hybridized carbons (Fsp3) is 0.545. The molecule has 0 aliphatic carbocycles. The minimum atomic E-state index is -1.09. The van der Waals surface area contributed by atoms with Crippen molar-refractivity contribution in [1.29, 1.82) is 0 Å².